The molecule has 0 aliphatic carbocycles. The highest BCUT2D eigenvalue weighted by atomic mass is 35.5. The maximum Gasteiger partial charge on any atom is 0.471 e. The summed E-state index contributed by atoms with van der Waals surface area (Å²) < 4.78 is 42.0. The molecule has 1 unspecified atom stereocenters. The zero-order valence-electron chi connectivity index (χ0n) is 11.9. The summed E-state index contributed by atoms with van der Waals surface area (Å²) in [5.74, 6) is -3.10. The van der Waals surface area contributed by atoms with Crippen molar-refractivity contribution in [3.05, 3.63) is 34.9 Å². The van der Waals surface area contributed by atoms with E-state index in [1.807, 2.05) is 0 Å². The van der Waals surface area contributed by atoms with E-state index in [0.29, 0.717) is 10.6 Å². The van der Waals surface area contributed by atoms with Gasteiger partial charge in [0.2, 0.25) is 0 Å². The van der Waals surface area contributed by atoms with Crippen molar-refractivity contribution in [2.24, 2.45) is 5.92 Å². The smallest absolute Gasteiger partial charge is 0.463 e. The molecule has 0 aliphatic heterocycles. The van der Waals surface area contributed by atoms with Crippen LogP contribution >= 0.6 is 11.6 Å². The van der Waals surface area contributed by atoms with Crippen LogP contribution in [0.15, 0.2) is 24.3 Å². The molecule has 1 aromatic carbocycles. The Kier molecular flexibility index (Phi) is 6.22. The summed E-state index contributed by atoms with van der Waals surface area (Å²) in [6.45, 7) is 2.78. The summed E-state index contributed by atoms with van der Waals surface area (Å²) in [7, 11) is 0. The van der Waals surface area contributed by atoms with Crippen molar-refractivity contribution < 1.29 is 27.5 Å². The Labute approximate surface area is 130 Å². The average molecular weight is 338 g/mol. The Hall–Kier alpha value is -1.76. The standard InChI is InChI=1S/C14H15ClF3NO3/c1-8(2)12(20)22-7-11(19-13(21)14(16,17)18)9-3-5-10(15)6-4-9/h3-6,8,11H,7H2,1-2H3,(H,19,21). The third kappa shape index (κ3) is 5.55. The first kappa shape index (κ1) is 18.3. The van der Waals surface area contributed by atoms with E-state index in [-0.39, 0.29) is 0 Å². The number of amides is 1. The number of carbonyl (C=O) groups is 2. The second kappa shape index (κ2) is 7.49. The summed E-state index contributed by atoms with van der Waals surface area (Å²) in [5, 5.41) is 2.20. The topological polar surface area (TPSA) is 55.4 Å². The molecular formula is C14H15ClF3NO3. The maximum atomic E-state index is 12.4. The minimum Gasteiger partial charge on any atom is -0.463 e. The minimum atomic E-state index is -5.02. The van der Waals surface area contributed by atoms with Crippen molar-refractivity contribution in [2.75, 3.05) is 6.61 Å². The monoisotopic (exact) mass is 337 g/mol. The van der Waals surface area contributed by atoms with E-state index >= 15 is 0 Å². The van der Waals surface area contributed by atoms with Crippen molar-refractivity contribution in [3.63, 3.8) is 0 Å². The van der Waals surface area contributed by atoms with E-state index in [9.17, 15) is 22.8 Å². The largest absolute Gasteiger partial charge is 0.471 e. The van der Waals surface area contributed by atoms with E-state index in [1.165, 1.54) is 24.3 Å². The fourth-order valence-corrected chi connectivity index (χ4v) is 1.61. The molecule has 8 heteroatoms. The molecule has 0 aliphatic rings. The van der Waals surface area contributed by atoms with Crippen molar-refractivity contribution >= 4 is 23.5 Å². The Bertz CT molecular complexity index is 529. The van der Waals surface area contributed by atoms with Gasteiger partial charge in [0.15, 0.2) is 0 Å². The van der Waals surface area contributed by atoms with Gasteiger partial charge < -0.3 is 10.1 Å². The number of nitrogens with one attached hydrogen (secondary N) is 1. The van der Waals surface area contributed by atoms with Gasteiger partial charge in [-0.2, -0.15) is 13.2 Å². The molecule has 0 fully saturated rings. The van der Waals surface area contributed by atoms with Crippen LogP contribution in [0.4, 0.5) is 13.2 Å². The van der Waals surface area contributed by atoms with E-state index in [4.69, 9.17) is 16.3 Å². The lowest BCUT2D eigenvalue weighted by molar-refractivity contribution is -0.175. The van der Waals surface area contributed by atoms with Crippen molar-refractivity contribution in [1.29, 1.82) is 0 Å². The van der Waals surface area contributed by atoms with Gasteiger partial charge in [-0.25, -0.2) is 0 Å². The zero-order valence-corrected chi connectivity index (χ0v) is 12.7. The molecule has 22 heavy (non-hydrogen) atoms. The highest BCUT2D eigenvalue weighted by Gasteiger charge is 2.40. The van der Waals surface area contributed by atoms with Gasteiger partial charge in [0, 0.05) is 5.02 Å². The maximum absolute atomic E-state index is 12.4. The molecule has 0 saturated carbocycles. The van der Waals surface area contributed by atoms with Crippen molar-refractivity contribution in [3.8, 4) is 0 Å². The van der Waals surface area contributed by atoms with Crippen LogP contribution in [0.5, 0.6) is 0 Å². The highest BCUT2D eigenvalue weighted by Crippen LogP contribution is 2.21. The number of rotatable bonds is 5. The van der Waals surface area contributed by atoms with Crippen LogP contribution in [-0.4, -0.2) is 24.7 Å². The second-order valence-electron chi connectivity index (χ2n) is 4.86. The highest BCUT2D eigenvalue weighted by molar-refractivity contribution is 6.30. The molecule has 0 radical (unpaired) electrons. The molecule has 4 nitrogen and oxygen atoms in total. The lowest BCUT2D eigenvalue weighted by Gasteiger charge is -2.20. The van der Waals surface area contributed by atoms with Crippen molar-refractivity contribution in [1.82, 2.24) is 5.32 Å². The summed E-state index contributed by atoms with van der Waals surface area (Å²) in [6, 6.07) is 4.72. The van der Waals surface area contributed by atoms with Crippen LogP contribution in [0.2, 0.25) is 5.02 Å². The molecule has 122 valence electrons. The van der Waals surface area contributed by atoms with E-state index in [0.717, 1.165) is 0 Å². The van der Waals surface area contributed by atoms with Crippen LogP contribution < -0.4 is 5.32 Å². The van der Waals surface area contributed by atoms with Gasteiger partial charge in [-0.15, -0.1) is 0 Å². The van der Waals surface area contributed by atoms with Crippen LogP contribution in [0.3, 0.4) is 0 Å². The van der Waals surface area contributed by atoms with Gasteiger partial charge in [-0.05, 0) is 17.7 Å². The Balaban J connectivity index is 2.87. The van der Waals surface area contributed by atoms with Gasteiger partial charge in [0.25, 0.3) is 0 Å². The predicted octanol–water partition coefficient (Wildman–Crippen LogP) is 3.26. The molecule has 0 bridgehead atoms. The van der Waals surface area contributed by atoms with Crippen LogP contribution in [-0.2, 0) is 14.3 Å². The number of carbonyl (C=O) groups excluding carboxylic acids is 2. The number of halogens is 4. The average Bonchev–Trinajstić information content (AvgIpc) is 2.42. The fraction of sp³-hybridized carbons (Fsp3) is 0.429. The van der Waals surface area contributed by atoms with E-state index in [1.54, 1.807) is 19.2 Å². The fourth-order valence-electron chi connectivity index (χ4n) is 1.49. The van der Waals surface area contributed by atoms with Crippen LogP contribution in [0.1, 0.15) is 25.5 Å². The predicted molar refractivity (Wildman–Crippen MR) is 74.2 cm³/mol. The second-order valence-corrected chi connectivity index (χ2v) is 5.30. The number of hydrogen-bond donors (Lipinski definition) is 1. The molecule has 0 heterocycles. The molecule has 1 N–H and O–H groups in total. The molecule has 1 aromatic rings. The summed E-state index contributed by atoms with van der Waals surface area (Å²) in [5.41, 5.74) is 0.346. The minimum absolute atomic E-state index is 0.346. The molecule has 0 aromatic heterocycles. The van der Waals surface area contributed by atoms with Gasteiger partial charge >= 0.3 is 18.1 Å². The first-order valence-electron chi connectivity index (χ1n) is 6.41. The third-order valence-corrected chi connectivity index (χ3v) is 2.95. The molecule has 1 amide bonds. The normalized spacial score (nSPS) is 12.9. The van der Waals surface area contributed by atoms with Crippen LogP contribution in [0, 0.1) is 5.92 Å². The van der Waals surface area contributed by atoms with E-state index < -0.39 is 36.6 Å². The first-order chi connectivity index (χ1) is 10.1. The Morgan fingerprint density at radius 2 is 1.77 bits per heavy atom. The Morgan fingerprint density at radius 3 is 2.23 bits per heavy atom. The van der Waals surface area contributed by atoms with Gasteiger partial charge in [0.05, 0.1) is 12.0 Å². The number of esters is 1. The number of alkyl halides is 3. The first-order valence-corrected chi connectivity index (χ1v) is 6.79. The molecule has 1 rings (SSSR count). The lowest BCUT2D eigenvalue weighted by atomic mass is 10.1. The van der Waals surface area contributed by atoms with Crippen LogP contribution in [0.25, 0.3) is 0 Å². The number of hydrogen-bond acceptors (Lipinski definition) is 3. The van der Waals surface area contributed by atoms with Gasteiger partial charge in [-0.1, -0.05) is 37.6 Å². The summed E-state index contributed by atoms with van der Waals surface area (Å²) in [4.78, 5) is 22.5. The van der Waals surface area contributed by atoms with Gasteiger partial charge in [0.1, 0.15) is 6.61 Å². The third-order valence-electron chi connectivity index (χ3n) is 2.70. The Morgan fingerprint density at radius 1 is 1.23 bits per heavy atom. The molecular weight excluding hydrogens is 323 g/mol. The SMILES string of the molecule is CC(C)C(=O)OCC(NC(=O)C(F)(F)F)c1ccc(Cl)cc1. The molecule has 0 saturated heterocycles. The quantitative estimate of drug-likeness (QED) is 0.839. The summed E-state index contributed by atoms with van der Waals surface area (Å²) in [6.07, 6.45) is -5.02. The van der Waals surface area contributed by atoms with E-state index in [2.05, 4.69) is 0 Å². The molecule has 0 spiro atoms. The number of ether oxygens (including phenoxy) is 1. The summed E-state index contributed by atoms with van der Waals surface area (Å²) >= 11 is 5.71. The van der Waals surface area contributed by atoms with Gasteiger partial charge in [-0.3, -0.25) is 9.59 Å². The zero-order chi connectivity index (χ0) is 16.9. The van der Waals surface area contributed by atoms with Crippen molar-refractivity contribution in [2.45, 2.75) is 26.1 Å². The number of benzene rings is 1. The lowest BCUT2D eigenvalue weighted by Crippen LogP contribution is -2.41. The molecule has 1 atom stereocenters.